The summed E-state index contributed by atoms with van der Waals surface area (Å²) in [4.78, 5) is 23.7. The highest BCUT2D eigenvalue weighted by Crippen LogP contribution is 2.17. The molecule has 2 atom stereocenters. The summed E-state index contributed by atoms with van der Waals surface area (Å²) in [5.74, 6) is -2.95. The lowest BCUT2D eigenvalue weighted by Gasteiger charge is -2.17. The summed E-state index contributed by atoms with van der Waals surface area (Å²) in [6.07, 6.45) is 0.339. The average molecular weight is 343 g/mol. The Bertz CT molecular complexity index is 760. The number of nitrogens with one attached hydrogen (secondary N) is 1. The van der Waals surface area contributed by atoms with E-state index in [9.17, 15) is 19.1 Å². The van der Waals surface area contributed by atoms with Gasteiger partial charge < -0.3 is 10.4 Å². The second-order valence-corrected chi connectivity index (χ2v) is 6.25. The molecule has 2 aromatic rings. The third-order valence-electron chi connectivity index (χ3n) is 4.18. The van der Waals surface area contributed by atoms with Crippen LogP contribution in [0.4, 0.5) is 4.39 Å². The van der Waals surface area contributed by atoms with E-state index >= 15 is 0 Å². The molecule has 0 aliphatic rings. The molecule has 5 heteroatoms. The number of carbonyl (C=O) groups excluding carboxylic acids is 1. The Morgan fingerprint density at radius 3 is 2.52 bits per heavy atom. The third-order valence-corrected chi connectivity index (χ3v) is 4.18. The molecule has 0 heterocycles. The lowest BCUT2D eigenvalue weighted by atomic mass is 9.97. The number of amides is 1. The van der Waals surface area contributed by atoms with Gasteiger partial charge in [0.1, 0.15) is 5.82 Å². The van der Waals surface area contributed by atoms with Crippen LogP contribution in [0.3, 0.4) is 0 Å². The highest BCUT2D eigenvalue weighted by Gasteiger charge is 2.21. The predicted molar refractivity (Wildman–Crippen MR) is 93.8 cm³/mol. The maximum Gasteiger partial charge on any atom is 0.308 e. The van der Waals surface area contributed by atoms with Crippen LogP contribution < -0.4 is 5.32 Å². The van der Waals surface area contributed by atoms with Crippen molar-refractivity contribution in [1.82, 2.24) is 5.32 Å². The number of hydrogen-bond acceptors (Lipinski definition) is 2. The van der Waals surface area contributed by atoms with Crippen molar-refractivity contribution >= 4 is 11.9 Å². The molecule has 25 heavy (non-hydrogen) atoms. The molecular weight excluding hydrogens is 321 g/mol. The van der Waals surface area contributed by atoms with Crippen LogP contribution >= 0.6 is 0 Å². The lowest BCUT2D eigenvalue weighted by molar-refractivity contribution is -0.141. The molecule has 0 spiro atoms. The monoisotopic (exact) mass is 343 g/mol. The minimum atomic E-state index is -0.958. The molecule has 4 nitrogen and oxygen atoms in total. The number of carboxylic acid groups (broad SMARTS) is 1. The number of aliphatic carboxylic acids is 1. The van der Waals surface area contributed by atoms with E-state index in [0.29, 0.717) is 12.0 Å². The fourth-order valence-electron chi connectivity index (χ4n) is 2.67. The van der Waals surface area contributed by atoms with Gasteiger partial charge in [0.25, 0.3) is 0 Å². The quantitative estimate of drug-likeness (QED) is 0.811. The van der Waals surface area contributed by atoms with E-state index in [-0.39, 0.29) is 12.5 Å². The fourth-order valence-corrected chi connectivity index (χ4v) is 2.67. The van der Waals surface area contributed by atoms with Crippen molar-refractivity contribution in [3.63, 3.8) is 0 Å². The van der Waals surface area contributed by atoms with Gasteiger partial charge in [-0.25, -0.2) is 4.39 Å². The molecule has 0 radical (unpaired) electrons. The van der Waals surface area contributed by atoms with E-state index in [1.807, 2.05) is 31.2 Å². The van der Waals surface area contributed by atoms with Crippen LogP contribution in [0, 0.1) is 18.7 Å². The highest BCUT2D eigenvalue weighted by atomic mass is 19.1. The zero-order valence-corrected chi connectivity index (χ0v) is 14.3. The molecule has 0 aliphatic carbocycles. The van der Waals surface area contributed by atoms with Crippen molar-refractivity contribution < 1.29 is 19.1 Å². The maximum absolute atomic E-state index is 13.3. The van der Waals surface area contributed by atoms with Crippen molar-refractivity contribution in [3.8, 4) is 0 Å². The SMILES string of the molecule is Cc1cccc(CC(CNC(=O)C(C)c2cccc(F)c2)C(=O)O)c1. The van der Waals surface area contributed by atoms with Crippen molar-refractivity contribution in [2.24, 2.45) is 5.92 Å². The van der Waals surface area contributed by atoms with Crippen LogP contribution in [0.2, 0.25) is 0 Å². The topological polar surface area (TPSA) is 66.4 Å². The van der Waals surface area contributed by atoms with Gasteiger partial charge >= 0.3 is 5.97 Å². The highest BCUT2D eigenvalue weighted by molar-refractivity contribution is 5.83. The maximum atomic E-state index is 13.3. The predicted octanol–water partition coefficient (Wildman–Crippen LogP) is 3.30. The van der Waals surface area contributed by atoms with Crippen molar-refractivity contribution in [3.05, 3.63) is 71.0 Å². The van der Waals surface area contributed by atoms with Gasteiger partial charge in [-0.3, -0.25) is 9.59 Å². The third kappa shape index (κ3) is 5.41. The Balaban J connectivity index is 1.98. The first-order valence-corrected chi connectivity index (χ1v) is 8.18. The van der Waals surface area contributed by atoms with E-state index in [1.165, 1.54) is 12.1 Å². The summed E-state index contributed by atoms with van der Waals surface area (Å²) in [6.45, 7) is 3.64. The van der Waals surface area contributed by atoms with Gasteiger partial charge in [-0.05, 0) is 43.5 Å². The van der Waals surface area contributed by atoms with Gasteiger partial charge in [-0.2, -0.15) is 0 Å². The summed E-state index contributed by atoms with van der Waals surface area (Å²) in [5, 5.41) is 12.1. The molecule has 0 saturated carbocycles. The van der Waals surface area contributed by atoms with Crippen LogP contribution in [-0.4, -0.2) is 23.5 Å². The number of rotatable bonds is 7. The summed E-state index contributed by atoms with van der Waals surface area (Å²) in [6, 6.07) is 13.5. The molecular formula is C20H22FNO3. The molecule has 2 N–H and O–H groups in total. The van der Waals surface area contributed by atoms with Gasteiger partial charge in [0.05, 0.1) is 11.8 Å². The van der Waals surface area contributed by atoms with Crippen molar-refractivity contribution in [1.29, 1.82) is 0 Å². The summed E-state index contributed by atoms with van der Waals surface area (Å²) < 4.78 is 13.3. The van der Waals surface area contributed by atoms with Crippen LogP contribution in [-0.2, 0) is 16.0 Å². The van der Waals surface area contributed by atoms with Crippen molar-refractivity contribution in [2.75, 3.05) is 6.54 Å². The largest absolute Gasteiger partial charge is 0.481 e. The van der Waals surface area contributed by atoms with Gasteiger partial charge in [0.15, 0.2) is 0 Å². The van der Waals surface area contributed by atoms with Crippen LogP contribution in [0.5, 0.6) is 0 Å². The van der Waals surface area contributed by atoms with Gasteiger partial charge in [0.2, 0.25) is 5.91 Å². The molecule has 132 valence electrons. The summed E-state index contributed by atoms with van der Waals surface area (Å²) in [7, 11) is 0. The summed E-state index contributed by atoms with van der Waals surface area (Å²) in [5.41, 5.74) is 2.54. The Morgan fingerprint density at radius 1 is 1.16 bits per heavy atom. The molecule has 1 amide bonds. The molecule has 0 aromatic heterocycles. The van der Waals surface area contributed by atoms with Gasteiger partial charge in [-0.15, -0.1) is 0 Å². The molecule has 0 aliphatic heterocycles. The normalized spacial score (nSPS) is 13.1. The average Bonchev–Trinajstić information content (AvgIpc) is 2.57. The molecule has 0 fully saturated rings. The van der Waals surface area contributed by atoms with Crippen molar-refractivity contribution in [2.45, 2.75) is 26.2 Å². The number of halogens is 1. The van der Waals surface area contributed by atoms with Gasteiger partial charge in [-0.1, -0.05) is 42.0 Å². The molecule has 0 saturated heterocycles. The molecule has 2 unspecified atom stereocenters. The molecule has 2 rings (SSSR count). The van der Waals surface area contributed by atoms with Crippen LogP contribution in [0.1, 0.15) is 29.5 Å². The minimum absolute atomic E-state index is 0.0295. The Hall–Kier alpha value is -2.69. The number of hydrogen-bond donors (Lipinski definition) is 2. The fraction of sp³-hybridized carbons (Fsp3) is 0.300. The van der Waals surface area contributed by atoms with E-state index in [4.69, 9.17) is 0 Å². The van der Waals surface area contributed by atoms with E-state index < -0.39 is 23.6 Å². The first-order valence-electron chi connectivity index (χ1n) is 8.18. The van der Waals surface area contributed by atoms with Gasteiger partial charge in [0, 0.05) is 6.54 Å². The first-order chi connectivity index (χ1) is 11.9. The Kier molecular flexibility index (Phi) is 6.28. The lowest BCUT2D eigenvalue weighted by Crippen LogP contribution is -2.36. The number of carboxylic acids is 1. The smallest absolute Gasteiger partial charge is 0.308 e. The second-order valence-electron chi connectivity index (χ2n) is 6.25. The second kappa shape index (κ2) is 8.42. The molecule has 0 bridgehead atoms. The van der Waals surface area contributed by atoms with Crippen LogP contribution in [0.15, 0.2) is 48.5 Å². The number of benzene rings is 2. The number of aryl methyl sites for hydroxylation is 1. The Labute approximate surface area is 146 Å². The van der Waals surface area contributed by atoms with Crippen LogP contribution in [0.25, 0.3) is 0 Å². The first kappa shape index (κ1) is 18.6. The standard InChI is InChI=1S/C20H22FNO3/c1-13-5-3-6-15(9-13)10-17(20(24)25)12-22-19(23)14(2)16-7-4-8-18(21)11-16/h3-9,11,14,17H,10,12H2,1-2H3,(H,22,23)(H,24,25). The zero-order valence-electron chi connectivity index (χ0n) is 14.3. The summed E-state index contributed by atoms with van der Waals surface area (Å²) >= 11 is 0. The zero-order chi connectivity index (χ0) is 18.4. The van der Waals surface area contributed by atoms with E-state index in [2.05, 4.69) is 5.32 Å². The van der Waals surface area contributed by atoms with E-state index in [0.717, 1.165) is 11.1 Å². The minimum Gasteiger partial charge on any atom is -0.481 e. The van der Waals surface area contributed by atoms with E-state index in [1.54, 1.807) is 19.1 Å². The Morgan fingerprint density at radius 2 is 1.88 bits per heavy atom. The number of carbonyl (C=O) groups is 2. The molecule has 2 aromatic carbocycles.